The molecule has 0 saturated carbocycles. The maximum Gasteiger partial charge on any atom is 0.149 e. The molecule has 0 aliphatic heterocycles. The second-order valence-electron chi connectivity index (χ2n) is 5.21. The molecule has 4 heteroatoms. The van der Waals surface area contributed by atoms with Crippen LogP contribution in [0.25, 0.3) is 5.69 Å². The van der Waals surface area contributed by atoms with Gasteiger partial charge in [-0.3, -0.25) is 0 Å². The normalized spacial score (nSPS) is 11.2. The maximum absolute atomic E-state index is 14.0. The Morgan fingerprint density at radius 2 is 2.11 bits per heavy atom. The van der Waals surface area contributed by atoms with Gasteiger partial charge >= 0.3 is 0 Å². The van der Waals surface area contributed by atoms with Crippen LogP contribution in [0.2, 0.25) is 0 Å². The molecule has 1 heterocycles. The molecular weight excluding hydrogens is 241 g/mol. The van der Waals surface area contributed by atoms with Crippen molar-refractivity contribution in [1.82, 2.24) is 15.1 Å². The zero-order chi connectivity index (χ0) is 13.8. The van der Waals surface area contributed by atoms with Crippen LogP contribution in [0.5, 0.6) is 0 Å². The lowest BCUT2D eigenvalue weighted by Crippen LogP contribution is -2.19. The molecule has 19 heavy (non-hydrogen) atoms. The molecule has 0 radical (unpaired) electrons. The van der Waals surface area contributed by atoms with E-state index in [-0.39, 0.29) is 5.82 Å². The lowest BCUT2D eigenvalue weighted by molar-refractivity contribution is 0.549. The summed E-state index contributed by atoms with van der Waals surface area (Å²) in [5.41, 5.74) is 2.31. The van der Waals surface area contributed by atoms with Crippen LogP contribution < -0.4 is 5.32 Å². The summed E-state index contributed by atoms with van der Waals surface area (Å²) >= 11 is 0. The Kier molecular flexibility index (Phi) is 4.32. The molecule has 0 atom stereocenters. The monoisotopic (exact) mass is 261 g/mol. The molecule has 1 aromatic heterocycles. The van der Waals surface area contributed by atoms with Crippen LogP contribution >= 0.6 is 0 Å². The van der Waals surface area contributed by atoms with Crippen molar-refractivity contribution < 1.29 is 4.39 Å². The SMILES string of the molecule is Cc1ccn(-c2ccc(CNCC(C)C)cc2F)n1. The number of hydrogen-bond acceptors (Lipinski definition) is 2. The van der Waals surface area contributed by atoms with E-state index in [1.165, 1.54) is 0 Å². The number of halogens is 1. The van der Waals surface area contributed by atoms with E-state index < -0.39 is 0 Å². The topological polar surface area (TPSA) is 29.9 Å². The third-order valence-electron chi connectivity index (χ3n) is 2.86. The van der Waals surface area contributed by atoms with E-state index in [0.717, 1.165) is 17.8 Å². The average Bonchev–Trinajstić information content (AvgIpc) is 2.75. The molecule has 0 aliphatic rings. The first-order chi connectivity index (χ1) is 9.06. The Hall–Kier alpha value is -1.68. The summed E-state index contributed by atoms with van der Waals surface area (Å²) in [6, 6.07) is 7.13. The number of hydrogen-bond donors (Lipinski definition) is 1. The van der Waals surface area contributed by atoms with Crippen molar-refractivity contribution in [2.45, 2.75) is 27.3 Å². The van der Waals surface area contributed by atoms with E-state index >= 15 is 0 Å². The molecule has 1 aromatic carbocycles. The minimum Gasteiger partial charge on any atom is -0.312 e. The Morgan fingerprint density at radius 3 is 2.68 bits per heavy atom. The Morgan fingerprint density at radius 1 is 1.32 bits per heavy atom. The van der Waals surface area contributed by atoms with Crippen LogP contribution in [0, 0.1) is 18.7 Å². The molecule has 2 aromatic rings. The molecule has 0 amide bonds. The maximum atomic E-state index is 14.0. The van der Waals surface area contributed by atoms with Gasteiger partial charge < -0.3 is 5.32 Å². The third kappa shape index (κ3) is 3.64. The predicted molar refractivity (Wildman–Crippen MR) is 74.8 cm³/mol. The molecule has 1 N–H and O–H groups in total. The van der Waals surface area contributed by atoms with E-state index in [2.05, 4.69) is 24.3 Å². The molecule has 102 valence electrons. The molecule has 0 unspecified atom stereocenters. The van der Waals surface area contributed by atoms with Crippen LogP contribution in [-0.4, -0.2) is 16.3 Å². The van der Waals surface area contributed by atoms with Gasteiger partial charge in [0, 0.05) is 12.7 Å². The van der Waals surface area contributed by atoms with E-state index in [1.807, 2.05) is 19.1 Å². The van der Waals surface area contributed by atoms with Crippen LogP contribution in [0.3, 0.4) is 0 Å². The quantitative estimate of drug-likeness (QED) is 0.896. The molecule has 0 aliphatic carbocycles. The minimum atomic E-state index is -0.244. The van der Waals surface area contributed by atoms with Crippen molar-refractivity contribution in [1.29, 1.82) is 0 Å². The van der Waals surface area contributed by atoms with Crippen LogP contribution in [0.15, 0.2) is 30.5 Å². The molecule has 0 bridgehead atoms. The summed E-state index contributed by atoms with van der Waals surface area (Å²) in [4.78, 5) is 0. The average molecular weight is 261 g/mol. The Balaban J connectivity index is 2.09. The van der Waals surface area contributed by atoms with Gasteiger partial charge in [-0.25, -0.2) is 9.07 Å². The highest BCUT2D eigenvalue weighted by molar-refractivity contribution is 5.36. The zero-order valence-electron chi connectivity index (χ0n) is 11.7. The second kappa shape index (κ2) is 5.97. The van der Waals surface area contributed by atoms with Gasteiger partial charge in [0.15, 0.2) is 0 Å². The van der Waals surface area contributed by atoms with E-state index in [0.29, 0.717) is 18.2 Å². The van der Waals surface area contributed by atoms with Crippen LogP contribution in [0.4, 0.5) is 4.39 Å². The van der Waals surface area contributed by atoms with Gasteiger partial charge in [-0.15, -0.1) is 0 Å². The van der Waals surface area contributed by atoms with Crippen molar-refractivity contribution in [3.05, 3.63) is 47.5 Å². The van der Waals surface area contributed by atoms with Gasteiger partial charge in [0.25, 0.3) is 0 Å². The lowest BCUT2D eigenvalue weighted by Gasteiger charge is -2.09. The molecule has 0 saturated heterocycles. The molecular formula is C15H20FN3. The minimum absolute atomic E-state index is 0.244. The molecule has 3 nitrogen and oxygen atoms in total. The summed E-state index contributed by atoms with van der Waals surface area (Å²) in [7, 11) is 0. The van der Waals surface area contributed by atoms with E-state index in [1.54, 1.807) is 23.0 Å². The second-order valence-corrected chi connectivity index (χ2v) is 5.21. The highest BCUT2D eigenvalue weighted by Gasteiger charge is 2.06. The Bertz CT molecular complexity index is 546. The van der Waals surface area contributed by atoms with Gasteiger partial charge in [-0.05, 0) is 43.1 Å². The van der Waals surface area contributed by atoms with Crippen LogP contribution in [-0.2, 0) is 6.54 Å². The number of rotatable bonds is 5. The smallest absolute Gasteiger partial charge is 0.149 e. The number of nitrogens with zero attached hydrogens (tertiary/aromatic N) is 2. The largest absolute Gasteiger partial charge is 0.312 e. The fourth-order valence-corrected chi connectivity index (χ4v) is 1.90. The van der Waals surface area contributed by atoms with Crippen molar-refractivity contribution in [3.8, 4) is 5.69 Å². The van der Waals surface area contributed by atoms with Gasteiger partial charge in [0.2, 0.25) is 0 Å². The molecule has 2 rings (SSSR count). The van der Waals surface area contributed by atoms with Crippen molar-refractivity contribution in [3.63, 3.8) is 0 Å². The third-order valence-corrected chi connectivity index (χ3v) is 2.86. The summed E-state index contributed by atoms with van der Waals surface area (Å²) in [5, 5.41) is 7.52. The highest BCUT2D eigenvalue weighted by atomic mass is 19.1. The first-order valence-electron chi connectivity index (χ1n) is 6.58. The predicted octanol–water partition coefficient (Wildman–Crippen LogP) is 3.07. The number of nitrogens with one attached hydrogen (secondary N) is 1. The van der Waals surface area contributed by atoms with Crippen molar-refractivity contribution in [2.75, 3.05) is 6.54 Å². The molecule has 0 spiro atoms. The van der Waals surface area contributed by atoms with E-state index in [4.69, 9.17) is 0 Å². The fourth-order valence-electron chi connectivity index (χ4n) is 1.90. The van der Waals surface area contributed by atoms with Gasteiger partial charge in [-0.2, -0.15) is 5.10 Å². The first-order valence-corrected chi connectivity index (χ1v) is 6.58. The summed E-state index contributed by atoms with van der Waals surface area (Å²) in [6.07, 6.45) is 1.77. The van der Waals surface area contributed by atoms with Crippen molar-refractivity contribution in [2.24, 2.45) is 5.92 Å². The van der Waals surface area contributed by atoms with Crippen LogP contribution in [0.1, 0.15) is 25.1 Å². The standard InChI is InChI=1S/C15H20FN3/c1-11(2)9-17-10-13-4-5-15(14(16)8-13)19-7-6-12(3)18-19/h4-8,11,17H,9-10H2,1-3H3. The van der Waals surface area contributed by atoms with Gasteiger partial charge in [0.1, 0.15) is 11.5 Å². The van der Waals surface area contributed by atoms with Crippen molar-refractivity contribution >= 4 is 0 Å². The number of benzene rings is 1. The van der Waals surface area contributed by atoms with Gasteiger partial charge in [0.05, 0.1) is 5.69 Å². The summed E-state index contributed by atoms with van der Waals surface area (Å²) in [6.45, 7) is 7.81. The zero-order valence-corrected chi connectivity index (χ0v) is 11.7. The lowest BCUT2D eigenvalue weighted by atomic mass is 10.1. The molecule has 0 fully saturated rings. The number of aromatic nitrogens is 2. The van der Waals surface area contributed by atoms with E-state index in [9.17, 15) is 4.39 Å². The summed E-state index contributed by atoms with van der Waals surface area (Å²) in [5.74, 6) is 0.350. The van der Waals surface area contributed by atoms with Gasteiger partial charge in [-0.1, -0.05) is 19.9 Å². The Labute approximate surface area is 113 Å². The first kappa shape index (κ1) is 13.7. The highest BCUT2D eigenvalue weighted by Crippen LogP contribution is 2.15. The number of aryl methyl sites for hydroxylation is 1. The summed E-state index contributed by atoms with van der Waals surface area (Å²) < 4.78 is 15.6. The fraction of sp³-hybridized carbons (Fsp3) is 0.400.